The van der Waals surface area contributed by atoms with Crippen LogP contribution in [0.5, 0.6) is 0 Å². The van der Waals surface area contributed by atoms with Crippen LogP contribution in [0.3, 0.4) is 0 Å². The lowest BCUT2D eigenvalue weighted by Crippen LogP contribution is -2.07. The molecule has 0 aliphatic heterocycles. The van der Waals surface area contributed by atoms with E-state index in [0.29, 0.717) is 6.42 Å². The Kier molecular flexibility index (Phi) is 3.51. The molecule has 0 aromatic heterocycles. The van der Waals surface area contributed by atoms with E-state index < -0.39 is 0 Å². The van der Waals surface area contributed by atoms with Crippen molar-refractivity contribution < 1.29 is 9.53 Å². The van der Waals surface area contributed by atoms with E-state index in [-0.39, 0.29) is 5.97 Å². The van der Waals surface area contributed by atoms with Crippen molar-refractivity contribution in [1.29, 1.82) is 0 Å². The molecule has 1 aromatic carbocycles. The zero-order valence-electron chi connectivity index (χ0n) is 8.54. The fraction of sp³-hybridized carbons (Fsp3) is 0.364. The Morgan fingerprint density at radius 2 is 2.14 bits per heavy atom. The zero-order valence-corrected chi connectivity index (χ0v) is 8.54. The Hall–Kier alpha value is -1.51. The van der Waals surface area contributed by atoms with Crippen molar-refractivity contribution >= 4 is 11.7 Å². The van der Waals surface area contributed by atoms with Crippen molar-refractivity contribution in [2.24, 2.45) is 0 Å². The molecule has 0 amide bonds. The van der Waals surface area contributed by atoms with Crippen molar-refractivity contribution in [3.8, 4) is 0 Å². The van der Waals surface area contributed by atoms with Crippen LogP contribution in [0, 0.1) is 0 Å². The molecule has 0 atom stereocenters. The summed E-state index contributed by atoms with van der Waals surface area (Å²) in [5, 5.41) is 0. The predicted molar refractivity (Wildman–Crippen MR) is 56.0 cm³/mol. The molecule has 0 heterocycles. The first-order chi connectivity index (χ1) is 6.67. The van der Waals surface area contributed by atoms with Crippen LogP contribution in [-0.4, -0.2) is 13.1 Å². The number of methoxy groups -OCH3 is 1. The molecular weight excluding hydrogens is 178 g/mol. The van der Waals surface area contributed by atoms with Gasteiger partial charge < -0.3 is 10.5 Å². The van der Waals surface area contributed by atoms with E-state index in [1.807, 2.05) is 19.1 Å². The van der Waals surface area contributed by atoms with Crippen molar-refractivity contribution in [1.82, 2.24) is 0 Å². The molecule has 0 radical (unpaired) electrons. The summed E-state index contributed by atoms with van der Waals surface area (Å²) in [5.41, 5.74) is 8.48. The van der Waals surface area contributed by atoms with Crippen molar-refractivity contribution in [2.45, 2.75) is 19.8 Å². The molecule has 0 unspecified atom stereocenters. The molecule has 0 fully saturated rings. The number of aryl methyl sites for hydroxylation is 1. The largest absolute Gasteiger partial charge is 0.469 e. The van der Waals surface area contributed by atoms with Crippen LogP contribution in [-0.2, 0) is 22.4 Å². The lowest BCUT2D eigenvalue weighted by molar-refractivity contribution is -0.139. The summed E-state index contributed by atoms with van der Waals surface area (Å²) in [6.07, 6.45) is 1.19. The van der Waals surface area contributed by atoms with Crippen LogP contribution < -0.4 is 5.73 Å². The third-order valence-corrected chi connectivity index (χ3v) is 2.17. The number of rotatable bonds is 3. The normalized spacial score (nSPS) is 9.86. The molecule has 0 saturated heterocycles. The number of hydrogen-bond acceptors (Lipinski definition) is 3. The number of hydrogen-bond donors (Lipinski definition) is 1. The van der Waals surface area contributed by atoms with Gasteiger partial charge in [0.15, 0.2) is 0 Å². The summed E-state index contributed by atoms with van der Waals surface area (Å²) >= 11 is 0. The number of ether oxygens (including phenoxy) is 1. The van der Waals surface area contributed by atoms with E-state index in [0.717, 1.165) is 23.2 Å². The first-order valence-corrected chi connectivity index (χ1v) is 4.61. The van der Waals surface area contributed by atoms with Gasteiger partial charge in [0.2, 0.25) is 0 Å². The van der Waals surface area contributed by atoms with E-state index in [2.05, 4.69) is 4.74 Å². The average Bonchev–Trinajstić information content (AvgIpc) is 2.20. The zero-order chi connectivity index (χ0) is 10.6. The molecule has 1 aromatic rings. The van der Waals surface area contributed by atoms with Crippen LogP contribution in [0.1, 0.15) is 18.1 Å². The highest BCUT2D eigenvalue weighted by molar-refractivity contribution is 5.73. The molecule has 2 N–H and O–H groups in total. The van der Waals surface area contributed by atoms with Gasteiger partial charge in [-0.2, -0.15) is 0 Å². The molecule has 76 valence electrons. The van der Waals surface area contributed by atoms with Gasteiger partial charge in [-0.05, 0) is 29.7 Å². The molecule has 0 aliphatic carbocycles. The van der Waals surface area contributed by atoms with Gasteiger partial charge in [0, 0.05) is 5.69 Å². The topological polar surface area (TPSA) is 52.3 Å². The smallest absolute Gasteiger partial charge is 0.309 e. The van der Waals surface area contributed by atoms with Gasteiger partial charge in [-0.1, -0.05) is 13.0 Å². The summed E-state index contributed by atoms with van der Waals surface area (Å²) in [6.45, 7) is 2.04. The van der Waals surface area contributed by atoms with Gasteiger partial charge in [-0.25, -0.2) is 0 Å². The van der Waals surface area contributed by atoms with Gasteiger partial charge in [0.25, 0.3) is 0 Å². The highest BCUT2D eigenvalue weighted by Crippen LogP contribution is 2.15. The average molecular weight is 193 g/mol. The molecule has 3 nitrogen and oxygen atoms in total. The van der Waals surface area contributed by atoms with E-state index in [1.165, 1.54) is 7.11 Å². The third-order valence-electron chi connectivity index (χ3n) is 2.17. The number of nitrogen functional groups attached to an aromatic ring is 1. The van der Waals surface area contributed by atoms with E-state index in [9.17, 15) is 4.79 Å². The van der Waals surface area contributed by atoms with Gasteiger partial charge in [0.1, 0.15) is 0 Å². The number of benzene rings is 1. The molecule has 0 saturated carbocycles. The quantitative estimate of drug-likeness (QED) is 0.585. The molecule has 14 heavy (non-hydrogen) atoms. The van der Waals surface area contributed by atoms with Crippen LogP contribution in [0.25, 0.3) is 0 Å². The molecule has 0 aliphatic rings. The number of nitrogens with two attached hydrogens (primary N) is 1. The standard InChI is InChI=1S/C11H15NO2/c1-3-8-6-10(12)5-4-9(8)7-11(13)14-2/h4-6H,3,7,12H2,1-2H3. The minimum Gasteiger partial charge on any atom is -0.469 e. The number of carbonyl (C=O) groups excluding carboxylic acids is 1. The Balaban J connectivity index is 2.90. The van der Waals surface area contributed by atoms with Crippen molar-refractivity contribution in [3.63, 3.8) is 0 Å². The Morgan fingerprint density at radius 1 is 1.43 bits per heavy atom. The maximum atomic E-state index is 11.1. The van der Waals surface area contributed by atoms with E-state index >= 15 is 0 Å². The van der Waals surface area contributed by atoms with E-state index in [1.54, 1.807) is 6.07 Å². The maximum absolute atomic E-state index is 11.1. The summed E-state index contributed by atoms with van der Waals surface area (Å²) in [7, 11) is 1.39. The number of carbonyl (C=O) groups is 1. The lowest BCUT2D eigenvalue weighted by Gasteiger charge is -2.07. The highest BCUT2D eigenvalue weighted by Gasteiger charge is 2.06. The van der Waals surface area contributed by atoms with E-state index in [4.69, 9.17) is 5.73 Å². The fourth-order valence-corrected chi connectivity index (χ4v) is 1.38. The highest BCUT2D eigenvalue weighted by atomic mass is 16.5. The first-order valence-electron chi connectivity index (χ1n) is 4.61. The minimum atomic E-state index is -0.218. The molecule has 3 heteroatoms. The number of anilines is 1. The predicted octanol–water partition coefficient (Wildman–Crippen LogP) is 1.55. The summed E-state index contributed by atoms with van der Waals surface area (Å²) < 4.78 is 4.61. The monoisotopic (exact) mass is 193 g/mol. The maximum Gasteiger partial charge on any atom is 0.309 e. The summed E-state index contributed by atoms with van der Waals surface area (Å²) in [4.78, 5) is 11.1. The Bertz CT molecular complexity index is 334. The minimum absolute atomic E-state index is 0.218. The second-order valence-corrected chi connectivity index (χ2v) is 3.13. The SMILES string of the molecule is CCc1cc(N)ccc1CC(=O)OC. The Morgan fingerprint density at radius 3 is 2.71 bits per heavy atom. The summed E-state index contributed by atoms with van der Waals surface area (Å²) in [6, 6.07) is 5.58. The van der Waals surface area contributed by atoms with Crippen LogP contribution >= 0.6 is 0 Å². The first kappa shape index (κ1) is 10.6. The van der Waals surface area contributed by atoms with Crippen LogP contribution in [0.4, 0.5) is 5.69 Å². The molecule has 0 spiro atoms. The van der Waals surface area contributed by atoms with Gasteiger partial charge in [0.05, 0.1) is 13.5 Å². The third kappa shape index (κ3) is 2.49. The fourth-order valence-electron chi connectivity index (χ4n) is 1.38. The molecular formula is C11H15NO2. The molecule has 0 bridgehead atoms. The van der Waals surface area contributed by atoms with Gasteiger partial charge in [-0.15, -0.1) is 0 Å². The Labute approximate surface area is 83.9 Å². The second-order valence-electron chi connectivity index (χ2n) is 3.13. The number of esters is 1. The molecule has 1 rings (SSSR count). The lowest BCUT2D eigenvalue weighted by atomic mass is 10.0. The van der Waals surface area contributed by atoms with Crippen LogP contribution in [0.15, 0.2) is 18.2 Å². The van der Waals surface area contributed by atoms with Crippen molar-refractivity contribution in [3.05, 3.63) is 29.3 Å². The van der Waals surface area contributed by atoms with Gasteiger partial charge >= 0.3 is 5.97 Å². The van der Waals surface area contributed by atoms with Crippen molar-refractivity contribution in [2.75, 3.05) is 12.8 Å². The summed E-state index contributed by atoms with van der Waals surface area (Å²) in [5.74, 6) is -0.218. The van der Waals surface area contributed by atoms with Crippen LogP contribution in [0.2, 0.25) is 0 Å². The second kappa shape index (κ2) is 4.65. The van der Waals surface area contributed by atoms with Gasteiger partial charge in [-0.3, -0.25) is 4.79 Å².